The van der Waals surface area contributed by atoms with Gasteiger partial charge in [0, 0.05) is 37.8 Å². The first kappa shape index (κ1) is 21.5. The van der Waals surface area contributed by atoms with Gasteiger partial charge in [0.05, 0.1) is 23.4 Å². The second kappa shape index (κ2) is 9.21. The van der Waals surface area contributed by atoms with E-state index in [0.29, 0.717) is 47.2 Å². The van der Waals surface area contributed by atoms with Crippen LogP contribution < -0.4 is 9.64 Å². The van der Waals surface area contributed by atoms with Gasteiger partial charge in [-0.1, -0.05) is 29.5 Å². The van der Waals surface area contributed by atoms with Crippen molar-refractivity contribution in [1.29, 1.82) is 0 Å². The Balaban J connectivity index is 1.61. The van der Waals surface area contributed by atoms with E-state index < -0.39 is 6.36 Å². The average molecular weight is 451 g/mol. The lowest BCUT2D eigenvalue weighted by molar-refractivity contribution is -0.274. The van der Waals surface area contributed by atoms with Crippen LogP contribution in [0, 0.1) is 0 Å². The molecule has 6 nitrogen and oxygen atoms in total. The van der Waals surface area contributed by atoms with Crippen molar-refractivity contribution in [2.45, 2.75) is 6.36 Å². The number of carbonyl (C=O) groups is 1. The quantitative estimate of drug-likeness (QED) is 0.563. The standard InChI is InChI=1S/C21H20F3N3O3S/c22-21(23,24)30-16-6-7-17-18(14-16)31-20(25-17)27(9-8-26-10-12-29-13-11-26)19(28)15-4-2-1-3-5-15/h1-7,14H,8-13H2. The highest BCUT2D eigenvalue weighted by molar-refractivity contribution is 7.22. The van der Waals surface area contributed by atoms with Crippen LogP contribution in [0.2, 0.25) is 0 Å². The van der Waals surface area contributed by atoms with Crippen molar-refractivity contribution in [2.75, 3.05) is 44.3 Å². The van der Waals surface area contributed by atoms with Crippen molar-refractivity contribution in [3.8, 4) is 5.75 Å². The van der Waals surface area contributed by atoms with Gasteiger partial charge < -0.3 is 9.47 Å². The van der Waals surface area contributed by atoms with E-state index in [4.69, 9.17) is 4.74 Å². The zero-order valence-electron chi connectivity index (χ0n) is 16.5. The zero-order valence-corrected chi connectivity index (χ0v) is 17.3. The molecule has 0 N–H and O–H groups in total. The van der Waals surface area contributed by atoms with Gasteiger partial charge in [0.25, 0.3) is 5.91 Å². The number of halogens is 3. The maximum Gasteiger partial charge on any atom is 0.573 e. The number of morpholine rings is 1. The fourth-order valence-electron chi connectivity index (χ4n) is 3.29. The van der Waals surface area contributed by atoms with E-state index in [2.05, 4.69) is 14.6 Å². The van der Waals surface area contributed by atoms with E-state index in [-0.39, 0.29) is 11.7 Å². The molecular weight excluding hydrogens is 431 g/mol. The van der Waals surface area contributed by atoms with E-state index in [9.17, 15) is 18.0 Å². The predicted molar refractivity (Wildman–Crippen MR) is 112 cm³/mol. The van der Waals surface area contributed by atoms with Crippen molar-refractivity contribution in [3.05, 3.63) is 54.1 Å². The van der Waals surface area contributed by atoms with Crippen LogP contribution in [0.3, 0.4) is 0 Å². The lowest BCUT2D eigenvalue weighted by Crippen LogP contribution is -2.43. The molecule has 4 rings (SSSR count). The highest BCUT2D eigenvalue weighted by atomic mass is 32.1. The van der Waals surface area contributed by atoms with Gasteiger partial charge in [-0.05, 0) is 24.3 Å². The molecular formula is C21H20F3N3O3S. The summed E-state index contributed by atoms with van der Waals surface area (Å²) in [5.41, 5.74) is 1.02. The first-order valence-electron chi connectivity index (χ1n) is 9.72. The van der Waals surface area contributed by atoms with Crippen molar-refractivity contribution in [2.24, 2.45) is 0 Å². The maximum atomic E-state index is 13.2. The average Bonchev–Trinajstić information content (AvgIpc) is 3.17. The summed E-state index contributed by atoms with van der Waals surface area (Å²) in [6.07, 6.45) is -4.77. The number of rotatable bonds is 6. The number of hydrogen-bond acceptors (Lipinski definition) is 6. The number of hydrogen-bond donors (Lipinski definition) is 0. The van der Waals surface area contributed by atoms with Crippen molar-refractivity contribution in [3.63, 3.8) is 0 Å². The maximum absolute atomic E-state index is 13.2. The molecule has 164 valence electrons. The molecule has 1 saturated heterocycles. The zero-order chi connectivity index (χ0) is 21.8. The van der Waals surface area contributed by atoms with Crippen LogP contribution in [-0.4, -0.2) is 61.5 Å². The summed E-state index contributed by atoms with van der Waals surface area (Å²) < 4.78 is 47.5. The minimum Gasteiger partial charge on any atom is -0.406 e. The molecule has 1 aliphatic rings. The van der Waals surface area contributed by atoms with Gasteiger partial charge >= 0.3 is 6.36 Å². The third-order valence-corrected chi connectivity index (χ3v) is 5.86. The number of fused-ring (bicyclic) bond motifs is 1. The molecule has 0 atom stereocenters. The van der Waals surface area contributed by atoms with Crippen LogP contribution in [-0.2, 0) is 4.74 Å². The Morgan fingerprint density at radius 3 is 2.61 bits per heavy atom. The fraction of sp³-hybridized carbons (Fsp3) is 0.333. The third kappa shape index (κ3) is 5.52. The number of alkyl halides is 3. The van der Waals surface area contributed by atoms with E-state index in [1.807, 2.05) is 6.07 Å². The number of ether oxygens (including phenoxy) is 2. The summed E-state index contributed by atoms with van der Waals surface area (Å²) in [5.74, 6) is -0.524. The van der Waals surface area contributed by atoms with E-state index in [1.54, 1.807) is 29.2 Å². The molecule has 1 amide bonds. The molecule has 3 aromatic rings. The summed E-state index contributed by atoms with van der Waals surface area (Å²) >= 11 is 1.16. The summed E-state index contributed by atoms with van der Waals surface area (Å²) in [5, 5.41) is 0.432. The van der Waals surface area contributed by atoms with Crippen LogP contribution in [0.4, 0.5) is 18.3 Å². The Morgan fingerprint density at radius 1 is 1.16 bits per heavy atom. The molecule has 1 aliphatic heterocycles. The normalized spacial score (nSPS) is 15.2. The van der Waals surface area contributed by atoms with Gasteiger partial charge in [-0.3, -0.25) is 14.6 Å². The molecule has 1 fully saturated rings. The summed E-state index contributed by atoms with van der Waals surface area (Å²) in [4.78, 5) is 21.5. The first-order valence-corrected chi connectivity index (χ1v) is 10.5. The summed E-state index contributed by atoms with van der Waals surface area (Å²) in [6.45, 7) is 3.90. The predicted octanol–water partition coefficient (Wildman–Crippen LogP) is 4.17. The Labute approximate surface area is 180 Å². The van der Waals surface area contributed by atoms with Crippen LogP contribution in [0.25, 0.3) is 10.2 Å². The molecule has 0 aliphatic carbocycles. The van der Waals surface area contributed by atoms with Crippen LogP contribution in [0.5, 0.6) is 5.75 Å². The lowest BCUT2D eigenvalue weighted by Gasteiger charge is -2.29. The lowest BCUT2D eigenvalue weighted by atomic mass is 10.2. The van der Waals surface area contributed by atoms with Gasteiger partial charge in [-0.15, -0.1) is 13.2 Å². The van der Waals surface area contributed by atoms with Crippen LogP contribution in [0.15, 0.2) is 48.5 Å². The van der Waals surface area contributed by atoms with E-state index >= 15 is 0 Å². The Bertz CT molecular complexity index is 1040. The van der Waals surface area contributed by atoms with Crippen LogP contribution in [0.1, 0.15) is 10.4 Å². The highest BCUT2D eigenvalue weighted by Gasteiger charge is 2.31. The number of anilines is 1. The Kier molecular flexibility index (Phi) is 6.40. The second-order valence-electron chi connectivity index (χ2n) is 6.95. The molecule has 0 saturated carbocycles. The summed E-state index contributed by atoms with van der Waals surface area (Å²) in [7, 11) is 0. The fourth-order valence-corrected chi connectivity index (χ4v) is 4.31. The molecule has 10 heteroatoms. The monoisotopic (exact) mass is 451 g/mol. The number of nitrogens with zero attached hydrogens (tertiary/aromatic N) is 3. The second-order valence-corrected chi connectivity index (χ2v) is 7.96. The molecule has 0 radical (unpaired) electrons. The molecule has 0 spiro atoms. The molecule has 2 aromatic carbocycles. The largest absolute Gasteiger partial charge is 0.573 e. The topological polar surface area (TPSA) is 54.9 Å². The first-order chi connectivity index (χ1) is 14.9. The molecule has 0 bridgehead atoms. The molecule has 1 aromatic heterocycles. The van der Waals surface area contributed by atoms with Crippen molar-refractivity contribution < 1.29 is 27.4 Å². The van der Waals surface area contributed by atoms with Gasteiger partial charge in [-0.2, -0.15) is 0 Å². The van der Waals surface area contributed by atoms with Crippen LogP contribution >= 0.6 is 11.3 Å². The number of aromatic nitrogens is 1. The molecule has 0 unspecified atom stereocenters. The molecule has 31 heavy (non-hydrogen) atoms. The van der Waals surface area contributed by atoms with E-state index in [1.165, 1.54) is 18.2 Å². The smallest absolute Gasteiger partial charge is 0.406 e. The minimum absolute atomic E-state index is 0.209. The number of carbonyl (C=O) groups excluding carboxylic acids is 1. The number of amides is 1. The van der Waals surface area contributed by atoms with Gasteiger partial charge in [-0.25, -0.2) is 4.98 Å². The SMILES string of the molecule is O=C(c1ccccc1)N(CCN1CCOCC1)c1nc2ccc(OC(F)(F)F)cc2s1. The summed E-state index contributed by atoms with van der Waals surface area (Å²) in [6, 6.07) is 12.8. The molecule has 2 heterocycles. The Hall–Kier alpha value is -2.69. The van der Waals surface area contributed by atoms with Crippen molar-refractivity contribution in [1.82, 2.24) is 9.88 Å². The Morgan fingerprint density at radius 2 is 1.90 bits per heavy atom. The highest BCUT2D eigenvalue weighted by Crippen LogP contribution is 2.33. The van der Waals surface area contributed by atoms with Crippen molar-refractivity contribution >= 4 is 32.6 Å². The van der Waals surface area contributed by atoms with Gasteiger partial charge in [0.1, 0.15) is 5.75 Å². The van der Waals surface area contributed by atoms with Gasteiger partial charge in [0.15, 0.2) is 5.13 Å². The number of benzene rings is 2. The van der Waals surface area contributed by atoms with Gasteiger partial charge in [0.2, 0.25) is 0 Å². The number of thiazole rings is 1. The van der Waals surface area contributed by atoms with E-state index in [0.717, 1.165) is 24.4 Å². The third-order valence-electron chi connectivity index (χ3n) is 4.82. The minimum atomic E-state index is -4.77.